The zero-order valence-corrected chi connectivity index (χ0v) is 24.4. The Morgan fingerprint density at radius 2 is 2.07 bits per heavy atom. The molecule has 4 aliphatic heterocycles. The lowest BCUT2D eigenvalue weighted by molar-refractivity contribution is -0.143. The molecule has 41 heavy (non-hydrogen) atoms. The van der Waals surface area contributed by atoms with Gasteiger partial charge in [-0.1, -0.05) is 23.8 Å². The van der Waals surface area contributed by atoms with E-state index in [4.69, 9.17) is 19.2 Å². The number of carboxylic acids is 1. The number of rotatable bonds is 10. The molecule has 2 fully saturated rings. The van der Waals surface area contributed by atoms with Gasteiger partial charge in [-0.25, -0.2) is 4.98 Å². The molecule has 2 saturated heterocycles. The lowest BCUT2D eigenvalue weighted by Crippen LogP contribution is -2.37. The van der Waals surface area contributed by atoms with Gasteiger partial charge in [0.05, 0.1) is 18.8 Å². The summed E-state index contributed by atoms with van der Waals surface area (Å²) in [5, 5.41) is 13.9. The molecular formula is C33H45N3O5. The van der Waals surface area contributed by atoms with Crippen LogP contribution in [0.25, 0.3) is 0 Å². The van der Waals surface area contributed by atoms with E-state index < -0.39 is 12.0 Å². The molecule has 1 unspecified atom stereocenters. The molecule has 0 radical (unpaired) electrons. The van der Waals surface area contributed by atoms with Crippen molar-refractivity contribution in [3.05, 3.63) is 57.8 Å². The van der Waals surface area contributed by atoms with Crippen LogP contribution in [0.1, 0.15) is 78.1 Å². The second kappa shape index (κ2) is 13.2. The van der Waals surface area contributed by atoms with E-state index in [9.17, 15) is 9.90 Å². The molecule has 2 N–H and O–H groups in total. The van der Waals surface area contributed by atoms with Gasteiger partial charge in [0.1, 0.15) is 11.9 Å². The summed E-state index contributed by atoms with van der Waals surface area (Å²) in [6.45, 7) is 7.27. The van der Waals surface area contributed by atoms with Crippen molar-refractivity contribution in [1.29, 1.82) is 0 Å². The normalized spacial score (nSPS) is 23.9. The van der Waals surface area contributed by atoms with Gasteiger partial charge in [-0.3, -0.25) is 9.69 Å². The molecular weight excluding hydrogens is 518 g/mol. The smallest absolute Gasteiger partial charge is 0.325 e. The first kappa shape index (κ1) is 28.6. The van der Waals surface area contributed by atoms with Crippen LogP contribution >= 0.6 is 0 Å². The second-order valence-electron chi connectivity index (χ2n) is 12.3. The van der Waals surface area contributed by atoms with Crippen molar-refractivity contribution in [1.82, 2.24) is 9.88 Å². The van der Waals surface area contributed by atoms with Crippen molar-refractivity contribution in [2.24, 2.45) is 5.92 Å². The van der Waals surface area contributed by atoms with Gasteiger partial charge in [-0.15, -0.1) is 0 Å². The first-order chi connectivity index (χ1) is 20.0. The highest BCUT2D eigenvalue weighted by molar-refractivity contribution is 5.76. The van der Waals surface area contributed by atoms with E-state index in [-0.39, 0.29) is 12.2 Å². The minimum Gasteiger partial charge on any atom is -0.480 e. The monoisotopic (exact) mass is 563 g/mol. The Labute approximate surface area is 243 Å². The summed E-state index contributed by atoms with van der Waals surface area (Å²) in [7, 11) is 0. The number of fused-ring (bicyclic) bond motifs is 2. The van der Waals surface area contributed by atoms with E-state index >= 15 is 0 Å². The maximum atomic E-state index is 12.8. The Bertz CT molecular complexity index is 1210. The number of aromatic nitrogens is 1. The number of aryl methyl sites for hydroxylation is 3. The van der Waals surface area contributed by atoms with E-state index in [0.29, 0.717) is 25.7 Å². The third-order valence-corrected chi connectivity index (χ3v) is 9.37. The third-order valence-electron chi connectivity index (χ3n) is 9.37. The number of benzene rings is 1. The largest absolute Gasteiger partial charge is 0.480 e. The van der Waals surface area contributed by atoms with Gasteiger partial charge in [0.2, 0.25) is 0 Å². The Morgan fingerprint density at radius 3 is 2.93 bits per heavy atom. The van der Waals surface area contributed by atoms with Crippen molar-refractivity contribution in [2.75, 3.05) is 44.8 Å². The van der Waals surface area contributed by atoms with Gasteiger partial charge in [-0.2, -0.15) is 0 Å². The fraction of sp³-hybridized carbons (Fsp3) is 0.636. The highest BCUT2D eigenvalue weighted by Gasteiger charge is 2.38. The standard InChI is InChI=1S/C33H45N3O5/c1-22-17-25-21-41-30(23-10-15-39-16-11-23)19-28(25)29(18-22)31(33(37)38)36-13-9-27(20-36)40-14-3-2-6-26-8-7-24-5-4-12-34-32(24)35-26/h7-8,17-18,23,27,30-31H,2-6,9-16,19-21H2,1H3,(H,34,35)(H,37,38)/t27-,30?,31+/m1/s1. The number of pyridine rings is 1. The number of anilines is 1. The molecule has 0 saturated carbocycles. The Morgan fingerprint density at radius 1 is 1.20 bits per heavy atom. The van der Waals surface area contributed by atoms with Crippen molar-refractivity contribution in [2.45, 2.75) is 89.6 Å². The second-order valence-corrected chi connectivity index (χ2v) is 12.3. The summed E-state index contributed by atoms with van der Waals surface area (Å²) in [4.78, 5) is 19.7. The summed E-state index contributed by atoms with van der Waals surface area (Å²) in [6.07, 6.45) is 9.12. The van der Waals surface area contributed by atoms with Crippen LogP contribution in [0.5, 0.6) is 0 Å². The average molecular weight is 564 g/mol. The summed E-state index contributed by atoms with van der Waals surface area (Å²) in [5.74, 6) is 0.753. The first-order valence-corrected chi connectivity index (χ1v) is 15.7. The van der Waals surface area contributed by atoms with Crippen LogP contribution < -0.4 is 5.32 Å². The Balaban J connectivity index is 1.04. The topological polar surface area (TPSA) is 93.2 Å². The predicted molar refractivity (Wildman–Crippen MR) is 157 cm³/mol. The lowest BCUT2D eigenvalue weighted by atomic mass is 9.83. The van der Waals surface area contributed by atoms with E-state index in [1.165, 1.54) is 17.5 Å². The molecule has 8 nitrogen and oxygen atoms in total. The molecule has 0 aliphatic carbocycles. The first-order valence-electron chi connectivity index (χ1n) is 15.7. The van der Waals surface area contributed by atoms with Crippen molar-refractivity contribution in [3.8, 4) is 0 Å². The van der Waals surface area contributed by atoms with Crippen LogP contribution in [-0.2, 0) is 44.9 Å². The van der Waals surface area contributed by atoms with E-state index in [1.54, 1.807) is 0 Å². The lowest BCUT2D eigenvalue weighted by Gasteiger charge is -2.36. The molecule has 5 heterocycles. The van der Waals surface area contributed by atoms with E-state index in [2.05, 4.69) is 41.4 Å². The molecule has 1 aromatic heterocycles. The molecule has 1 aromatic carbocycles. The quantitative estimate of drug-likeness (QED) is 0.396. The summed E-state index contributed by atoms with van der Waals surface area (Å²) >= 11 is 0. The maximum Gasteiger partial charge on any atom is 0.325 e. The highest BCUT2D eigenvalue weighted by Crippen LogP contribution is 2.37. The minimum absolute atomic E-state index is 0.0712. The van der Waals surface area contributed by atoms with Crippen molar-refractivity contribution >= 4 is 11.8 Å². The van der Waals surface area contributed by atoms with Crippen LogP contribution in [0.15, 0.2) is 24.3 Å². The molecule has 8 heteroatoms. The molecule has 0 spiro atoms. The average Bonchev–Trinajstić information content (AvgIpc) is 3.45. The number of unbranched alkanes of at least 4 members (excludes halogenated alkanes) is 1. The summed E-state index contributed by atoms with van der Waals surface area (Å²) in [6, 6.07) is 7.99. The van der Waals surface area contributed by atoms with Gasteiger partial charge in [0.25, 0.3) is 0 Å². The molecule has 222 valence electrons. The van der Waals surface area contributed by atoms with E-state index in [0.717, 1.165) is 106 Å². The zero-order chi connectivity index (χ0) is 28.2. The highest BCUT2D eigenvalue weighted by atomic mass is 16.5. The fourth-order valence-electron chi connectivity index (χ4n) is 7.17. The SMILES string of the molecule is Cc1cc2c(c([C@@H](C(=O)O)N3CC[C@@H](OCCCCc4ccc5c(n4)NCCC5)C3)c1)CC(C1CCOCC1)OC2. The van der Waals surface area contributed by atoms with Crippen LogP contribution in [0.2, 0.25) is 0 Å². The molecule has 0 amide bonds. The Hall–Kier alpha value is -2.52. The predicted octanol–water partition coefficient (Wildman–Crippen LogP) is 4.86. The summed E-state index contributed by atoms with van der Waals surface area (Å²) in [5.41, 5.74) is 6.83. The van der Waals surface area contributed by atoms with Crippen LogP contribution in [0.3, 0.4) is 0 Å². The number of nitrogens with zero attached hydrogens (tertiary/aromatic N) is 2. The van der Waals surface area contributed by atoms with Gasteiger partial charge < -0.3 is 24.6 Å². The van der Waals surface area contributed by atoms with Crippen LogP contribution in [0.4, 0.5) is 5.82 Å². The van der Waals surface area contributed by atoms with Crippen molar-refractivity contribution in [3.63, 3.8) is 0 Å². The number of likely N-dealkylation sites (tertiary alicyclic amines) is 1. The number of hydrogen-bond acceptors (Lipinski definition) is 7. The minimum atomic E-state index is -0.778. The van der Waals surface area contributed by atoms with Crippen LogP contribution in [0, 0.1) is 12.8 Å². The zero-order valence-electron chi connectivity index (χ0n) is 24.4. The van der Waals surface area contributed by atoms with Gasteiger partial charge in [0, 0.05) is 45.1 Å². The Kier molecular flexibility index (Phi) is 9.20. The van der Waals surface area contributed by atoms with Crippen LogP contribution in [-0.4, -0.2) is 72.6 Å². The van der Waals surface area contributed by atoms with Gasteiger partial charge in [0.15, 0.2) is 0 Å². The van der Waals surface area contributed by atoms with E-state index in [1.807, 2.05) is 0 Å². The summed E-state index contributed by atoms with van der Waals surface area (Å²) < 4.78 is 18.1. The molecule has 2 aromatic rings. The number of aliphatic carboxylic acids is 1. The number of nitrogens with one attached hydrogen (secondary N) is 1. The molecule has 3 atom stereocenters. The molecule has 6 rings (SSSR count). The number of ether oxygens (including phenoxy) is 3. The molecule has 4 aliphatic rings. The van der Waals surface area contributed by atoms with Gasteiger partial charge >= 0.3 is 5.97 Å². The number of carboxylic acid groups (broad SMARTS) is 1. The molecule has 0 bridgehead atoms. The number of carbonyl (C=O) groups is 1. The number of hydrogen-bond donors (Lipinski definition) is 2. The fourth-order valence-corrected chi connectivity index (χ4v) is 7.17. The van der Waals surface area contributed by atoms with Gasteiger partial charge in [-0.05, 0) is 98.9 Å². The third kappa shape index (κ3) is 6.77. The maximum absolute atomic E-state index is 12.8. The van der Waals surface area contributed by atoms with Crippen molar-refractivity contribution < 1.29 is 24.1 Å².